The fraction of sp³-hybridized carbons (Fsp3) is 0.333. The average Bonchev–Trinajstić information content (AvgIpc) is 2.78. The van der Waals surface area contributed by atoms with E-state index in [-0.39, 0.29) is 29.2 Å². The molecule has 0 aromatic heterocycles. The molecule has 0 saturated carbocycles. The van der Waals surface area contributed by atoms with Gasteiger partial charge in [0, 0.05) is 26.1 Å². The molecule has 2 aromatic carbocycles. The van der Waals surface area contributed by atoms with E-state index in [0.717, 1.165) is 0 Å². The van der Waals surface area contributed by atoms with Gasteiger partial charge in [-0.15, -0.1) is 0 Å². The minimum Gasteiger partial charge on any atom is -0.484 e. The maximum absolute atomic E-state index is 12.7. The first-order chi connectivity index (χ1) is 14.3. The lowest BCUT2D eigenvalue weighted by molar-refractivity contribution is -0.136. The summed E-state index contributed by atoms with van der Waals surface area (Å²) in [6.07, 6.45) is 1.13. The lowest BCUT2D eigenvalue weighted by atomic mass is 9.96. The van der Waals surface area contributed by atoms with Gasteiger partial charge in [-0.05, 0) is 49.2 Å². The Balaban J connectivity index is 1.56. The minimum absolute atomic E-state index is 0.126. The van der Waals surface area contributed by atoms with Crippen LogP contribution in [0, 0.1) is 5.92 Å². The third-order valence-electron chi connectivity index (χ3n) is 5.21. The summed E-state index contributed by atoms with van der Waals surface area (Å²) in [4.78, 5) is 25.4. The topological polar surface area (TPSA) is 110 Å². The van der Waals surface area contributed by atoms with Crippen LogP contribution in [0.25, 0.3) is 0 Å². The van der Waals surface area contributed by atoms with E-state index in [1.165, 1.54) is 11.4 Å². The standard InChI is InChI=1S/C21H25N3O5S/c1-23(30(27,28)19-5-3-2-4-6-19)17-7-9-18(10-8-17)29-15-20(25)24-13-11-16(12-14-24)21(22)26/h2-10,16H,11-15H2,1H3,(H2,22,26). The molecule has 0 aliphatic carbocycles. The van der Waals surface area contributed by atoms with Crippen LogP contribution in [-0.2, 0) is 19.6 Å². The van der Waals surface area contributed by atoms with Gasteiger partial charge in [0.25, 0.3) is 15.9 Å². The Morgan fingerprint density at radius 3 is 2.23 bits per heavy atom. The number of nitrogens with two attached hydrogens (primary N) is 1. The molecule has 9 heteroatoms. The highest BCUT2D eigenvalue weighted by Gasteiger charge is 2.26. The number of carbonyl (C=O) groups is 2. The summed E-state index contributed by atoms with van der Waals surface area (Å²) in [5.74, 6) is -0.195. The van der Waals surface area contributed by atoms with Crippen molar-refractivity contribution in [2.75, 3.05) is 31.0 Å². The second-order valence-electron chi connectivity index (χ2n) is 7.13. The third kappa shape index (κ3) is 4.91. The fourth-order valence-electron chi connectivity index (χ4n) is 3.29. The van der Waals surface area contributed by atoms with E-state index in [1.54, 1.807) is 59.5 Å². The summed E-state index contributed by atoms with van der Waals surface area (Å²) in [5.41, 5.74) is 5.79. The zero-order valence-corrected chi connectivity index (χ0v) is 17.5. The summed E-state index contributed by atoms with van der Waals surface area (Å²) in [7, 11) is -2.17. The predicted molar refractivity (Wildman–Crippen MR) is 112 cm³/mol. The molecule has 1 aliphatic heterocycles. The molecule has 0 radical (unpaired) electrons. The Morgan fingerprint density at radius 2 is 1.67 bits per heavy atom. The molecule has 0 spiro atoms. The van der Waals surface area contributed by atoms with Crippen molar-refractivity contribution in [2.24, 2.45) is 11.7 Å². The molecule has 1 aliphatic rings. The van der Waals surface area contributed by atoms with Crippen LogP contribution in [0.1, 0.15) is 12.8 Å². The van der Waals surface area contributed by atoms with Gasteiger partial charge in [0.15, 0.2) is 6.61 Å². The Hall–Kier alpha value is -3.07. The number of hydrogen-bond acceptors (Lipinski definition) is 5. The van der Waals surface area contributed by atoms with Crippen molar-refractivity contribution >= 4 is 27.5 Å². The van der Waals surface area contributed by atoms with E-state index in [0.29, 0.717) is 37.4 Å². The first-order valence-corrected chi connectivity index (χ1v) is 11.1. The molecule has 2 N–H and O–H groups in total. The first-order valence-electron chi connectivity index (χ1n) is 9.63. The number of benzene rings is 2. The van der Waals surface area contributed by atoms with Gasteiger partial charge in [0.05, 0.1) is 10.6 Å². The normalized spacial score (nSPS) is 14.9. The molecule has 0 unspecified atom stereocenters. The van der Waals surface area contributed by atoms with Crippen LogP contribution in [0.5, 0.6) is 5.75 Å². The molecular formula is C21H25N3O5S. The summed E-state index contributed by atoms with van der Waals surface area (Å²) >= 11 is 0. The van der Waals surface area contributed by atoms with E-state index in [9.17, 15) is 18.0 Å². The number of piperidine rings is 1. The van der Waals surface area contributed by atoms with Crippen molar-refractivity contribution in [3.05, 3.63) is 54.6 Å². The van der Waals surface area contributed by atoms with Gasteiger partial charge in [-0.3, -0.25) is 13.9 Å². The first kappa shape index (κ1) is 21.6. The van der Waals surface area contributed by atoms with Gasteiger partial charge in [-0.2, -0.15) is 0 Å². The third-order valence-corrected chi connectivity index (χ3v) is 7.01. The van der Waals surface area contributed by atoms with Gasteiger partial charge in [-0.1, -0.05) is 18.2 Å². The predicted octanol–water partition coefficient (Wildman–Crippen LogP) is 1.61. The van der Waals surface area contributed by atoms with E-state index in [1.807, 2.05) is 0 Å². The number of carbonyl (C=O) groups excluding carboxylic acids is 2. The van der Waals surface area contributed by atoms with Crippen LogP contribution in [-0.4, -0.2) is 51.9 Å². The number of primary amides is 1. The molecule has 8 nitrogen and oxygen atoms in total. The SMILES string of the molecule is CN(c1ccc(OCC(=O)N2CCC(C(N)=O)CC2)cc1)S(=O)(=O)c1ccccc1. The highest BCUT2D eigenvalue weighted by Crippen LogP contribution is 2.24. The van der Waals surface area contributed by atoms with Crippen molar-refractivity contribution in [2.45, 2.75) is 17.7 Å². The van der Waals surface area contributed by atoms with Gasteiger partial charge < -0.3 is 15.4 Å². The molecule has 1 fully saturated rings. The number of likely N-dealkylation sites (tertiary alicyclic amines) is 1. The largest absolute Gasteiger partial charge is 0.484 e. The van der Waals surface area contributed by atoms with Crippen LogP contribution in [0.3, 0.4) is 0 Å². The highest BCUT2D eigenvalue weighted by molar-refractivity contribution is 7.92. The maximum atomic E-state index is 12.7. The number of rotatable bonds is 7. The van der Waals surface area contributed by atoms with Crippen LogP contribution >= 0.6 is 0 Å². The number of nitrogens with zero attached hydrogens (tertiary/aromatic N) is 2. The van der Waals surface area contributed by atoms with Crippen molar-refractivity contribution < 1.29 is 22.7 Å². The second kappa shape index (κ2) is 9.17. The summed E-state index contributed by atoms with van der Waals surface area (Å²) in [6, 6.07) is 14.7. The molecular weight excluding hydrogens is 406 g/mol. The molecule has 1 saturated heterocycles. The number of sulfonamides is 1. The summed E-state index contributed by atoms with van der Waals surface area (Å²) in [5, 5.41) is 0. The van der Waals surface area contributed by atoms with E-state index in [4.69, 9.17) is 10.5 Å². The van der Waals surface area contributed by atoms with Gasteiger partial charge >= 0.3 is 0 Å². The van der Waals surface area contributed by atoms with Crippen LogP contribution in [0.4, 0.5) is 5.69 Å². The summed E-state index contributed by atoms with van der Waals surface area (Å²) in [6.45, 7) is 0.840. The van der Waals surface area contributed by atoms with Crippen LogP contribution in [0.2, 0.25) is 0 Å². The Bertz CT molecular complexity index is 985. The lowest BCUT2D eigenvalue weighted by Crippen LogP contribution is -2.43. The second-order valence-corrected chi connectivity index (χ2v) is 9.09. The smallest absolute Gasteiger partial charge is 0.264 e. The van der Waals surface area contributed by atoms with Crippen molar-refractivity contribution in [1.82, 2.24) is 4.90 Å². The van der Waals surface area contributed by atoms with Crippen LogP contribution < -0.4 is 14.8 Å². The molecule has 0 atom stereocenters. The molecule has 160 valence electrons. The Kier molecular flexibility index (Phi) is 6.61. The lowest BCUT2D eigenvalue weighted by Gasteiger charge is -2.30. The van der Waals surface area contributed by atoms with E-state index >= 15 is 0 Å². The number of ether oxygens (including phenoxy) is 1. The monoisotopic (exact) mass is 431 g/mol. The zero-order valence-electron chi connectivity index (χ0n) is 16.7. The quantitative estimate of drug-likeness (QED) is 0.716. The molecule has 2 amide bonds. The number of anilines is 1. The van der Waals surface area contributed by atoms with Gasteiger partial charge in [0.1, 0.15) is 5.75 Å². The van der Waals surface area contributed by atoms with Crippen molar-refractivity contribution in [3.8, 4) is 5.75 Å². The zero-order chi connectivity index (χ0) is 21.7. The Morgan fingerprint density at radius 1 is 1.07 bits per heavy atom. The fourth-order valence-corrected chi connectivity index (χ4v) is 4.51. The average molecular weight is 432 g/mol. The molecule has 2 aromatic rings. The van der Waals surface area contributed by atoms with Gasteiger partial charge in [-0.25, -0.2) is 8.42 Å². The maximum Gasteiger partial charge on any atom is 0.264 e. The van der Waals surface area contributed by atoms with Crippen molar-refractivity contribution in [1.29, 1.82) is 0 Å². The minimum atomic E-state index is -3.66. The van der Waals surface area contributed by atoms with E-state index in [2.05, 4.69) is 0 Å². The molecule has 0 bridgehead atoms. The highest BCUT2D eigenvalue weighted by atomic mass is 32.2. The van der Waals surface area contributed by atoms with Gasteiger partial charge in [0.2, 0.25) is 5.91 Å². The van der Waals surface area contributed by atoms with Crippen LogP contribution in [0.15, 0.2) is 59.5 Å². The summed E-state index contributed by atoms with van der Waals surface area (Å²) < 4.78 is 32.1. The van der Waals surface area contributed by atoms with Crippen molar-refractivity contribution in [3.63, 3.8) is 0 Å². The molecule has 3 rings (SSSR count). The number of hydrogen-bond donors (Lipinski definition) is 1. The molecule has 1 heterocycles. The number of amides is 2. The Labute approximate surface area is 176 Å². The molecule has 30 heavy (non-hydrogen) atoms. The van der Waals surface area contributed by atoms with E-state index < -0.39 is 10.0 Å².